The Bertz CT molecular complexity index is 859. The minimum atomic E-state index is -3.87. The molecule has 2 aromatic rings. The molecular weight excluding hydrogens is 337 g/mol. The van der Waals surface area contributed by atoms with Gasteiger partial charge in [0.1, 0.15) is 0 Å². The zero-order valence-electron chi connectivity index (χ0n) is 11.1. The number of aryl methyl sites for hydroxylation is 1. The van der Waals surface area contributed by atoms with Gasteiger partial charge in [-0.1, -0.05) is 23.2 Å². The van der Waals surface area contributed by atoms with Crippen molar-refractivity contribution in [3.8, 4) is 11.3 Å². The number of rotatable bonds is 3. The summed E-state index contributed by atoms with van der Waals surface area (Å²) in [6.45, 7) is 1.71. The van der Waals surface area contributed by atoms with Crippen LogP contribution in [0.4, 0.5) is 0 Å². The summed E-state index contributed by atoms with van der Waals surface area (Å²) < 4.78 is 28.1. The molecule has 0 aliphatic carbocycles. The Morgan fingerprint density at radius 3 is 2.38 bits per heavy atom. The van der Waals surface area contributed by atoms with Crippen LogP contribution in [-0.4, -0.2) is 19.4 Å². The van der Waals surface area contributed by atoms with Crippen LogP contribution in [0.5, 0.6) is 0 Å². The van der Waals surface area contributed by atoms with E-state index in [2.05, 4.69) is 0 Å². The summed E-state index contributed by atoms with van der Waals surface area (Å²) in [4.78, 5) is 12.0. The summed E-state index contributed by atoms with van der Waals surface area (Å²) in [5.41, 5.74) is 0.702. The maximum Gasteiger partial charge on any atom is 0.324 e. The molecule has 0 atom stereocenters. The first kappa shape index (κ1) is 15.9. The van der Waals surface area contributed by atoms with Crippen molar-refractivity contribution in [3.63, 3.8) is 0 Å². The number of benzene rings is 1. The number of hydrogen-bond acceptors (Lipinski definition) is 4. The van der Waals surface area contributed by atoms with E-state index in [0.717, 1.165) is 6.26 Å². The lowest BCUT2D eigenvalue weighted by Gasteiger charge is -2.13. The molecule has 0 amide bonds. The second-order valence-corrected chi connectivity index (χ2v) is 6.85. The molecule has 112 valence electrons. The van der Waals surface area contributed by atoms with E-state index < -0.39 is 15.7 Å². The summed E-state index contributed by atoms with van der Waals surface area (Å²) in [7, 11) is -3.87. The predicted molar refractivity (Wildman–Crippen MR) is 82.3 cm³/mol. The van der Waals surface area contributed by atoms with Gasteiger partial charge in [-0.3, -0.25) is 9.08 Å². The van der Waals surface area contributed by atoms with Crippen LogP contribution in [0.25, 0.3) is 11.3 Å². The maximum atomic E-state index is 12.0. The van der Waals surface area contributed by atoms with Gasteiger partial charge < -0.3 is 0 Å². The topological polar surface area (TPSA) is 65.4 Å². The fourth-order valence-electron chi connectivity index (χ4n) is 1.78. The lowest BCUT2D eigenvalue weighted by Crippen LogP contribution is -2.31. The van der Waals surface area contributed by atoms with E-state index in [1.165, 1.54) is 12.1 Å². The van der Waals surface area contributed by atoms with Gasteiger partial charge in [-0.25, -0.2) is 0 Å². The van der Waals surface area contributed by atoms with Gasteiger partial charge in [0.15, 0.2) is 0 Å². The molecule has 5 nitrogen and oxygen atoms in total. The Labute approximate surface area is 131 Å². The van der Waals surface area contributed by atoms with Crippen molar-refractivity contribution >= 4 is 33.3 Å². The quantitative estimate of drug-likeness (QED) is 0.855. The van der Waals surface area contributed by atoms with E-state index in [4.69, 9.17) is 27.5 Å². The van der Waals surface area contributed by atoms with E-state index in [0.29, 0.717) is 20.9 Å². The monoisotopic (exact) mass is 347 g/mol. The van der Waals surface area contributed by atoms with E-state index >= 15 is 0 Å². The Morgan fingerprint density at radius 2 is 1.81 bits per heavy atom. The summed E-state index contributed by atoms with van der Waals surface area (Å²) in [6, 6.07) is 7.53. The number of hydrogen-bond donors (Lipinski definition) is 0. The molecule has 0 aliphatic rings. The van der Waals surface area contributed by atoms with Gasteiger partial charge in [0.25, 0.3) is 5.56 Å². The van der Waals surface area contributed by atoms with E-state index in [1.54, 1.807) is 25.1 Å². The van der Waals surface area contributed by atoms with Gasteiger partial charge in [0, 0.05) is 16.7 Å². The molecule has 0 N–H and O–H groups in total. The smallest absolute Gasteiger partial charge is 0.284 e. The largest absolute Gasteiger partial charge is 0.324 e. The van der Waals surface area contributed by atoms with Crippen LogP contribution >= 0.6 is 23.2 Å². The van der Waals surface area contributed by atoms with E-state index in [-0.39, 0.29) is 10.7 Å². The lowest BCUT2D eigenvalue weighted by atomic mass is 10.1. The van der Waals surface area contributed by atoms with Gasteiger partial charge in [-0.05, 0) is 36.8 Å². The van der Waals surface area contributed by atoms with Crippen molar-refractivity contribution in [3.05, 3.63) is 56.3 Å². The zero-order chi connectivity index (χ0) is 15.8. The molecule has 0 unspecified atom stereocenters. The SMILES string of the molecule is Cc1cc(-c2ccc(Cl)cc2Cl)n(OS(C)(=O)=O)c(=O)c1. The Morgan fingerprint density at radius 1 is 1.14 bits per heavy atom. The van der Waals surface area contributed by atoms with Crippen LogP contribution in [-0.2, 0) is 10.1 Å². The fraction of sp³-hybridized carbons (Fsp3) is 0.154. The van der Waals surface area contributed by atoms with Crippen LogP contribution in [0, 0.1) is 6.92 Å². The first-order valence-corrected chi connectivity index (χ1v) is 8.34. The molecule has 0 fully saturated rings. The van der Waals surface area contributed by atoms with Gasteiger partial charge in [0.05, 0.1) is 17.0 Å². The summed E-state index contributed by atoms with van der Waals surface area (Å²) in [6.07, 6.45) is 0.854. The standard InChI is InChI=1S/C13H11Cl2NO4S/c1-8-5-12(10-4-3-9(14)7-11(10)15)16(13(17)6-8)20-21(2,18)19/h3-7H,1-2H3. The molecule has 1 aromatic carbocycles. The molecule has 8 heteroatoms. The van der Waals surface area contributed by atoms with Gasteiger partial charge in [-0.15, -0.1) is 4.73 Å². The molecular formula is C13H11Cl2NO4S. The Kier molecular flexibility index (Phi) is 4.32. The van der Waals surface area contributed by atoms with Crippen LogP contribution in [0.3, 0.4) is 0 Å². The van der Waals surface area contributed by atoms with Crippen LogP contribution in [0.1, 0.15) is 5.56 Å². The van der Waals surface area contributed by atoms with Crippen molar-refractivity contribution in [1.29, 1.82) is 0 Å². The Balaban J connectivity index is 2.75. The normalized spacial score (nSPS) is 11.4. The number of halogens is 2. The molecule has 0 radical (unpaired) electrons. The fourth-order valence-corrected chi connectivity index (χ4v) is 2.71. The predicted octanol–water partition coefficient (Wildman–Crippen LogP) is 2.52. The van der Waals surface area contributed by atoms with E-state index in [9.17, 15) is 13.2 Å². The number of pyridine rings is 1. The number of nitrogens with zero attached hydrogens (tertiary/aromatic N) is 1. The van der Waals surface area contributed by atoms with Gasteiger partial charge in [0.2, 0.25) is 0 Å². The molecule has 0 bridgehead atoms. The second kappa shape index (κ2) is 5.71. The summed E-state index contributed by atoms with van der Waals surface area (Å²) in [5, 5.41) is 0.702. The highest BCUT2D eigenvalue weighted by molar-refractivity contribution is 7.86. The van der Waals surface area contributed by atoms with Gasteiger partial charge in [-0.2, -0.15) is 8.42 Å². The zero-order valence-corrected chi connectivity index (χ0v) is 13.5. The highest BCUT2D eigenvalue weighted by atomic mass is 35.5. The Hall–Kier alpha value is -1.50. The minimum Gasteiger partial charge on any atom is -0.284 e. The van der Waals surface area contributed by atoms with Crippen LogP contribution in [0.15, 0.2) is 35.1 Å². The molecule has 1 aromatic heterocycles. The first-order chi connectivity index (χ1) is 9.67. The highest BCUT2D eigenvalue weighted by Gasteiger charge is 2.15. The molecule has 0 spiro atoms. The van der Waals surface area contributed by atoms with Crippen molar-refractivity contribution in [2.75, 3.05) is 6.26 Å². The molecule has 0 saturated heterocycles. The lowest BCUT2D eigenvalue weighted by molar-refractivity contribution is 0.274. The van der Waals surface area contributed by atoms with Crippen LogP contribution in [0.2, 0.25) is 10.0 Å². The maximum absolute atomic E-state index is 12.0. The third-order valence-corrected chi connectivity index (χ3v) is 3.52. The molecule has 0 saturated carbocycles. The van der Waals surface area contributed by atoms with Crippen LogP contribution < -0.4 is 9.84 Å². The van der Waals surface area contributed by atoms with Crippen molar-refractivity contribution < 1.29 is 12.7 Å². The second-order valence-electron chi connectivity index (χ2n) is 4.45. The first-order valence-electron chi connectivity index (χ1n) is 5.76. The van der Waals surface area contributed by atoms with Crippen molar-refractivity contribution in [2.24, 2.45) is 0 Å². The third kappa shape index (κ3) is 3.78. The number of aromatic nitrogens is 1. The minimum absolute atomic E-state index is 0.229. The van der Waals surface area contributed by atoms with Crippen molar-refractivity contribution in [1.82, 2.24) is 4.73 Å². The van der Waals surface area contributed by atoms with Gasteiger partial charge >= 0.3 is 10.1 Å². The average Bonchev–Trinajstić information content (AvgIpc) is 2.31. The van der Waals surface area contributed by atoms with E-state index in [1.807, 2.05) is 0 Å². The highest BCUT2D eigenvalue weighted by Crippen LogP contribution is 2.29. The molecule has 21 heavy (non-hydrogen) atoms. The summed E-state index contributed by atoms with van der Waals surface area (Å²) >= 11 is 11.9. The summed E-state index contributed by atoms with van der Waals surface area (Å²) in [5.74, 6) is 0. The van der Waals surface area contributed by atoms with Crippen molar-refractivity contribution in [2.45, 2.75) is 6.92 Å². The molecule has 0 aliphatic heterocycles. The molecule has 2 rings (SSSR count). The third-order valence-electron chi connectivity index (χ3n) is 2.55. The average molecular weight is 348 g/mol. The molecule has 1 heterocycles.